The van der Waals surface area contributed by atoms with Gasteiger partial charge >= 0.3 is 0 Å². The normalized spacial score (nSPS) is 16.4. The molecule has 0 aromatic heterocycles. The number of carbonyl (C=O) groups excluding carboxylic acids is 2. The second kappa shape index (κ2) is 10.2. The first-order chi connectivity index (χ1) is 14.0. The molecule has 154 valence electrons. The lowest BCUT2D eigenvalue weighted by Crippen LogP contribution is -2.33. The molecule has 2 aromatic rings. The Hall–Kier alpha value is -2.66. The van der Waals surface area contributed by atoms with Crippen LogP contribution in [0, 0.1) is 5.92 Å². The van der Waals surface area contributed by atoms with Crippen molar-refractivity contribution < 1.29 is 14.3 Å². The van der Waals surface area contributed by atoms with Gasteiger partial charge in [-0.15, -0.1) is 0 Å². The first-order valence-electron chi connectivity index (χ1n) is 10.3. The Morgan fingerprint density at radius 3 is 2.59 bits per heavy atom. The highest BCUT2D eigenvalue weighted by molar-refractivity contribution is 5.89. The average molecular weight is 395 g/mol. The number of nitrogens with zero attached hydrogens (tertiary/aromatic N) is 1. The molecule has 0 radical (unpaired) electrons. The van der Waals surface area contributed by atoms with Gasteiger partial charge in [0.2, 0.25) is 11.8 Å². The van der Waals surface area contributed by atoms with E-state index in [9.17, 15) is 9.59 Å². The number of amides is 2. The Bertz CT molecular complexity index is 820. The molecule has 1 N–H and O–H groups in total. The minimum atomic E-state index is -0.272. The molecule has 2 aromatic carbocycles. The summed E-state index contributed by atoms with van der Waals surface area (Å²) in [7, 11) is 0. The predicted molar refractivity (Wildman–Crippen MR) is 113 cm³/mol. The molecule has 1 aliphatic rings. The highest BCUT2D eigenvalue weighted by atomic mass is 16.5. The van der Waals surface area contributed by atoms with Crippen LogP contribution in [-0.4, -0.2) is 35.9 Å². The minimum absolute atomic E-state index is 0.0515. The van der Waals surface area contributed by atoms with E-state index in [-0.39, 0.29) is 23.8 Å². The van der Waals surface area contributed by atoms with Crippen LogP contribution in [-0.2, 0) is 33.9 Å². The topological polar surface area (TPSA) is 58.6 Å². The fourth-order valence-corrected chi connectivity index (χ4v) is 3.50. The molecule has 0 aliphatic carbocycles. The second-order valence-electron chi connectivity index (χ2n) is 7.87. The lowest BCUT2D eigenvalue weighted by Gasteiger charge is -2.16. The van der Waals surface area contributed by atoms with Gasteiger partial charge in [0.25, 0.3) is 0 Å². The van der Waals surface area contributed by atoms with E-state index in [0.717, 1.165) is 17.5 Å². The smallest absolute Gasteiger partial charge is 0.225 e. The molecule has 1 fully saturated rings. The van der Waals surface area contributed by atoms with Crippen LogP contribution in [0.4, 0.5) is 0 Å². The van der Waals surface area contributed by atoms with E-state index >= 15 is 0 Å². The molecular formula is C24H30N2O3. The molecule has 29 heavy (non-hydrogen) atoms. The largest absolute Gasteiger partial charge is 0.374 e. The molecular weight excluding hydrogens is 364 g/mol. The van der Waals surface area contributed by atoms with Gasteiger partial charge in [-0.2, -0.15) is 0 Å². The standard InChI is InChI=1S/C24H30N2O3/c1-18(2)29-17-21-10-6-9-20(13-21)15-25-24(28)22-14-23(27)26(16-22)12-11-19-7-4-3-5-8-19/h3-10,13,18,22H,11-12,14-17H2,1-2H3,(H,25,28). The summed E-state index contributed by atoms with van der Waals surface area (Å²) < 4.78 is 5.64. The van der Waals surface area contributed by atoms with Crippen LogP contribution in [0.3, 0.4) is 0 Å². The van der Waals surface area contributed by atoms with Crippen molar-refractivity contribution in [1.82, 2.24) is 10.2 Å². The van der Waals surface area contributed by atoms with E-state index in [2.05, 4.69) is 23.5 Å². The summed E-state index contributed by atoms with van der Waals surface area (Å²) in [6.07, 6.45) is 1.29. The van der Waals surface area contributed by atoms with E-state index in [1.54, 1.807) is 4.90 Å². The summed E-state index contributed by atoms with van der Waals surface area (Å²) >= 11 is 0. The number of benzene rings is 2. The summed E-state index contributed by atoms with van der Waals surface area (Å²) in [5, 5.41) is 2.99. The molecule has 1 heterocycles. The lowest BCUT2D eigenvalue weighted by molar-refractivity contribution is -0.129. The average Bonchev–Trinajstić information content (AvgIpc) is 3.11. The fraction of sp³-hybridized carbons (Fsp3) is 0.417. The molecule has 5 heteroatoms. The van der Waals surface area contributed by atoms with Gasteiger partial charge in [0.15, 0.2) is 0 Å². The molecule has 1 atom stereocenters. The first kappa shape index (κ1) is 21.1. The summed E-state index contributed by atoms with van der Waals surface area (Å²) in [5.74, 6) is -0.260. The number of ether oxygens (including phenoxy) is 1. The van der Waals surface area contributed by atoms with Crippen molar-refractivity contribution in [3.8, 4) is 0 Å². The maximum atomic E-state index is 12.6. The van der Waals surface area contributed by atoms with Crippen molar-refractivity contribution >= 4 is 11.8 Å². The van der Waals surface area contributed by atoms with E-state index in [1.807, 2.05) is 50.2 Å². The Morgan fingerprint density at radius 2 is 1.83 bits per heavy atom. The van der Waals surface area contributed by atoms with Crippen molar-refractivity contribution in [3.05, 3.63) is 71.3 Å². The highest BCUT2D eigenvalue weighted by Gasteiger charge is 2.33. The Kier molecular flexibility index (Phi) is 7.42. The van der Waals surface area contributed by atoms with Gasteiger partial charge in [-0.25, -0.2) is 0 Å². The van der Waals surface area contributed by atoms with Crippen molar-refractivity contribution in [1.29, 1.82) is 0 Å². The molecule has 1 unspecified atom stereocenters. The SMILES string of the molecule is CC(C)OCc1cccc(CNC(=O)C2CC(=O)N(CCc3ccccc3)C2)c1. The number of hydrogen-bond acceptors (Lipinski definition) is 3. The molecule has 0 spiro atoms. The zero-order chi connectivity index (χ0) is 20.6. The van der Waals surface area contributed by atoms with E-state index in [1.165, 1.54) is 5.56 Å². The van der Waals surface area contributed by atoms with Gasteiger partial charge in [0.05, 0.1) is 18.6 Å². The van der Waals surface area contributed by atoms with Gasteiger partial charge < -0.3 is 15.0 Å². The van der Waals surface area contributed by atoms with Crippen LogP contribution < -0.4 is 5.32 Å². The molecule has 5 nitrogen and oxygen atoms in total. The van der Waals surface area contributed by atoms with E-state index < -0.39 is 0 Å². The van der Waals surface area contributed by atoms with Crippen molar-refractivity contribution in [3.63, 3.8) is 0 Å². The van der Waals surface area contributed by atoms with Crippen LogP contribution in [0.15, 0.2) is 54.6 Å². The van der Waals surface area contributed by atoms with Crippen molar-refractivity contribution in [2.75, 3.05) is 13.1 Å². The van der Waals surface area contributed by atoms with Gasteiger partial charge in [-0.3, -0.25) is 9.59 Å². The molecule has 3 rings (SSSR count). The van der Waals surface area contributed by atoms with Gasteiger partial charge in [-0.1, -0.05) is 54.6 Å². The summed E-state index contributed by atoms with van der Waals surface area (Å²) in [5.41, 5.74) is 3.33. The van der Waals surface area contributed by atoms with Crippen LogP contribution >= 0.6 is 0 Å². The lowest BCUT2D eigenvalue weighted by atomic mass is 10.1. The van der Waals surface area contributed by atoms with Crippen LogP contribution in [0.5, 0.6) is 0 Å². The number of hydrogen-bond donors (Lipinski definition) is 1. The zero-order valence-corrected chi connectivity index (χ0v) is 17.3. The monoisotopic (exact) mass is 394 g/mol. The molecule has 0 saturated carbocycles. The molecule has 1 aliphatic heterocycles. The predicted octanol–water partition coefficient (Wildman–Crippen LogP) is 3.32. The molecule has 0 bridgehead atoms. The zero-order valence-electron chi connectivity index (χ0n) is 17.3. The van der Waals surface area contributed by atoms with Crippen molar-refractivity contribution in [2.45, 2.75) is 45.9 Å². The number of nitrogens with one attached hydrogen (secondary N) is 1. The Labute approximate surface area is 173 Å². The van der Waals surface area contributed by atoms with E-state index in [0.29, 0.717) is 32.7 Å². The minimum Gasteiger partial charge on any atom is -0.374 e. The van der Waals surface area contributed by atoms with Crippen LogP contribution in [0.2, 0.25) is 0 Å². The molecule has 1 saturated heterocycles. The maximum absolute atomic E-state index is 12.6. The van der Waals surface area contributed by atoms with Gasteiger partial charge in [-0.05, 0) is 37.0 Å². The Balaban J connectivity index is 1.46. The second-order valence-corrected chi connectivity index (χ2v) is 7.87. The third-order valence-electron chi connectivity index (χ3n) is 5.14. The quantitative estimate of drug-likeness (QED) is 0.710. The van der Waals surface area contributed by atoms with Gasteiger partial charge in [0, 0.05) is 26.1 Å². The van der Waals surface area contributed by atoms with Crippen LogP contribution in [0.25, 0.3) is 0 Å². The number of likely N-dealkylation sites (tertiary alicyclic amines) is 1. The third-order valence-corrected chi connectivity index (χ3v) is 5.14. The third kappa shape index (κ3) is 6.43. The highest BCUT2D eigenvalue weighted by Crippen LogP contribution is 2.19. The molecule has 2 amide bonds. The fourth-order valence-electron chi connectivity index (χ4n) is 3.50. The summed E-state index contributed by atoms with van der Waals surface area (Å²) in [4.78, 5) is 26.7. The maximum Gasteiger partial charge on any atom is 0.225 e. The first-order valence-corrected chi connectivity index (χ1v) is 10.3. The van der Waals surface area contributed by atoms with Crippen molar-refractivity contribution in [2.24, 2.45) is 5.92 Å². The number of rotatable bonds is 9. The van der Waals surface area contributed by atoms with E-state index in [4.69, 9.17) is 4.74 Å². The Morgan fingerprint density at radius 1 is 1.10 bits per heavy atom. The van der Waals surface area contributed by atoms with Gasteiger partial charge in [0.1, 0.15) is 0 Å². The number of carbonyl (C=O) groups is 2. The van der Waals surface area contributed by atoms with Crippen LogP contribution in [0.1, 0.15) is 37.0 Å². The summed E-state index contributed by atoms with van der Waals surface area (Å²) in [6, 6.07) is 18.1. The summed E-state index contributed by atoms with van der Waals surface area (Å²) in [6.45, 7) is 6.20.